The maximum Gasteiger partial charge on any atom is 0.335 e. The average Bonchev–Trinajstić information content (AvgIpc) is 2.84. The second kappa shape index (κ2) is 13.1. The highest BCUT2D eigenvalue weighted by Crippen LogP contribution is 2.12. The second-order valence-corrected chi connectivity index (χ2v) is 8.02. The van der Waals surface area contributed by atoms with Gasteiger partial charge in [-0.25, -0.2) is 4.79 Å². The Kier molecular flexibility index (Phi) is 9.92. The average molecular weight is 462 g/mol. The van der Waals surface area contributed by atoms with Crippen molar-refractivity contribution in [3.05, 3.63) is 29.8 Å². The Morgan fingerprint density at radius 2 is 1.76 bits per heavy atom. The molecule has 182 valence electrons. The fraction of sp³-hybridized carbons (Fsp3) is 0.609. The third kappa shape index (κ3) is 7.99. The highest BCUT2D eigenvalue weighted by molar-refractivity contribution is 5.94. The number of hydrogen-bond donors (Lipinski definition) is 2. The lowest BCUT2D eigenvalue weighted by atomic mass is 10.2. The van der Waals surface area contributed by atoms with Crippen LogP contribution in [0.1, 0.15) is 23.7 Å². The molecular weight excluding hydrogens is 426 g/mol. The number of guanidine groups is 1. The number of rotatable bonds is 9. The monoisotopic (exact) mass is 461 g/mol. The molecule has 0 spiro atoms. The molecule has 3 rings (SSSR count). The molecule has 2 heterocycles. The number of aromatic carboxylic acids is 1. The van der Waals surface area contributed by atoms with E-state index in [1.165, 1.54) is 0 Å². The maximum atomic E-state index is 12.6. The van der Waals surface area contributed by atoms with E-state index in [4.69, 9.17) is 19.6 Å². The molecule has 2 fully saturated rings. The Morgan fingerprint density at radius 3 is 2.39 bits per heavy atom. The minimum atomic E-state index is -0.950. The van der Waals surface area contributed by atoms with E-state index in [0.717, 1.165) is 44.2 Å². The number of carboxylic acids is 1. The van der Waals surface area contributed by atoms with Crippen LogP contribution in [-0.4, -0.2) is 116 Å². The Labute approximate surface area is 195 Å². The molecule has 2 N–H and O–H groups in total. The van der Waals surface area contributed by atoms with Gasteiger partial charge in [0.15, 0.2) is 5.96 Å². The van der Waals surface area contributed by atoms with Gasteiger partial charge in [-0.15, -0.1) is 0 Å². The lowest BCUT2D eigenvalue weighted by molar-refractivity contribution is -0.136. The van der Waals surface area contributed by atoms with Crippen LogP contribution >= 0.6 is 0 Å². The van der Waals surface area contributed by atoms with Gasteiger partial charge in [0, 0.05) is 64.7 Å². The molecule has 10 nitrogen and oxygen atoms in total. The van der Waals surface area contributed by atoms with Crippen molar-refractivity contribution in [1.82, 2.24) is 14.7 Å². The molecule has 33 heavy (non-hydrogen) atoms. The summed E-state index contributed by atoms with van der Waals surface area (Å²) in [5.74, 6) is -0.0314. The van der Waals surface area contributed by atoms with Crippen LogP contribution in [-0.2, 0) is 14.3 Å². The molecule has 0 aromatic heterocycles. The van der Waals surface area contributed by atoms with Crippen LogP contribution in [0.2, 0.25) is 0 Å². The minimum absolute atomic E-state index is 0.160. The number of nitrogens with one attached hydrogen (secondary N) is 1. The van der Waals surface area contributed by atoms with Crippen molar-refractivity contribution in [2.75, 3.05) is 84.1 Å². The first-order valence-electron chi connectivity index (χ1n) is 11.6. The van der Waals surface area contributed by atoms with E-state index in [1.807, 2.05) is 11.8 Å². The molecule has 2 saturated heterocycles. The number of hydrogen-bond acceptors (Lipinski definition) is 6. The fourth-order valence-electron chi connectivity index (χ4n) is 3.76. The van der Waals surface area contributed by atoms with E-state index in [9.17, 15) is 9.59 Å². The zero-order valence-corrected chi connectivity index (χ0v) is 19.4. The number of piperazine rings is 1. The summed E-state index contributed by atoms with van der Waals surface area (Å²) in [7, 11) is 0. The van der Waals surface area contributed by atoms with Gasteiger partial charge >= 0.3 is 5.97 Å². The summed E-state index contributed by atoms with van der Waals surface area (Å²) in [5.41, 5.74) is 1.03. The van der Waals surface area contributed by atoms with Gasteiger partial charge in [-0.3, -0.25) is 14.7 Å². The smallest absolute Gasteiger partial charge is 0.335 e. The molecule has 2 aliphatic heterocycles. The van der Waals surface area contributed by atoms with Crippen molar-refractivity contribution in [2.45, 2.75) is 13.3 Å². The van der Waals surface area contributed by atoms with E-state index >= 15 is 0 Å². The Hall–Kier alpha value is -2.69. The first kappa shape index (κ1) is 24.9. The zero-order valence-electron chi connectivity index (χ0n) is 19.4. The van der Waals surface area contributed by atoms with Crippen LogP contribution in [0.5, 0.6) is 0 Å². The molecule has 2 aliphatic rings. The van der Waals surface area contributed by atoms with Gasteiger partial charge in [0.25, 0.3) is 0 Å². The van der Waals surface area contributed by atoms with Gasteiger partial charge in [0.1, 0.15) is 0 Å². The Balaban J connectivity index is 1.56. The van der Waals surface area contributed by atoms with Gasteiger partial charge in [-0.1, -0.05) is 0 Å². The third-order valence-corrected chi connectivity index (χ3v) is 5.69. The standard InChI is InChI=1S/C23H35N5O5/c1-2-32-15-3-8-24-23(25-20-6-4-19(5-7-20)22(30)31)28-11-9-26(10-12-28)18-21(29)27-13-16-33-17-14-27/h4-7H,2-3,8-18H2,1H3,(H,24,25)(H,30,31). The lowest BCUT2D eigenvalue weighted by Gasteiger charge is -2.37. The number of carbonyl (C=O) groups is 2. The van der Waals surface area contributed by atoms with Crippen LogP contribution in [0, 0.1) is 0 Å². The molecule has 1 amide bonds. The van der Waals surface area contributed by atoms with Crippen molar-refractivity contribution in [1.29, 1.82) is 0 Å². The summed E-state index contributed by atoms with van der Waals surface area (Å²) in [4.78, 5) is 34.7. The largest absolute Gasteiger partial charge is 0.478 e. The lowest BCUT2D eigenvalue weighted by Crippen LogP contribution is -2.53. The molecule has 0 atom stereocenters. The maximum absolute atomic E-state index is 12.6. The number of carbonyl (C=O) groups excluding carboxylic acids is 1. The number of anilines is 1. The molecule has 0 bridgehead atoms. The van der Waals surface area contributed by atoms with Crippen molar-refractivity contribution in [2.24, 2.45) is 4.99 Å². The number of nitrogens with zero attached hydrogens (tertiary/aromatic N) is 4. The van der Waals surface area contributed by atoms with Gasteiger partial charge in [0.2, 0.25) is 5.91 Å². The molecule has 10 heteroatoms. The Morgan fingerprint density at radius 1 is 1.06 bits per heavy atom. The van der Waals surface area contributed by atoms with Gasteiger partial charge in [0.05, 0.1) is 25.3 Å². The van der Waals surface area contributed by atoms with Crippen LogP contribution < -0.4 is 5.32 Å². The number of carboxylic acid groups (broad SMARTS) is 1. The van der Waals surface area contributed by atoms with Crippen molar-refractivity contribution in [3.63, 3.8) is 0 Å². The van der Waals surface area contributed by atoms with Crippen LogP contribution in [0.25, 0.3) is 0 Å². The van der Waals surface area contributed by atoms with E-state index in [2.05, 4.69) is 15.1 Å². The SMILES string of the molecule is CCOCCCN=C(Nc1ccc(C(=O)O)cc1)N1CCN(CC(=O)N2CCOCC2)CC1. The number of ether oxygens (including phenoxy) is 2. The topological polar surface area (TPSA) is 107 Å². The van der Waals surface area contributed by atoms with Crippen LogP contribution in [0.15, 0.2) is 29.3 Å². The van der Waals surface area contributed by atoms with E-state index < -0.39 is 5.97 Å². The molecular formula is C23H35N5O5. The zero-order chi connectivity index (χ0) is 23.5. The van der Waals surface area contributed by atoms with E-state index in [-0.39, 0.29) is 11.5 Å². The molecule has 0 unspecified atom stereocenters. The number of benzene rings is 1. The fourth-order valence-corrected chi connectivity index (χ4v) is 3.76. The van der Waals surface area contributed by atoms with Crippen molar-refractivity contribution < 1.29 is 24.2 Å². The molecule has 0 radical (unpaired) electrons. The van der Waals surface area contributed by atoms with Crippen LogP contribution in [0.4, 0.5) is 5.69 Å². The Bertz CT molecular complexity index is 787. The summed E-state index contributed by atoms with van der Waals surface area (Å²) in [6, 6.07) is 6.64. The second-order valence-electron chi connectivity index (χ2n) is 8.02. The summed E-state index contributed by atoms with van der Waals surface area (Å²) >= 11 is 0. The normalized spacial score (nSPS) is 17.8. The molecule has 1 aromatic carbocycles. The van der Waals surface area contributed by atoms with Gasteiger partial charge < -0.3 is 29.7 Å². The van der Waals surface area contributed by atoms with E-state index in [1.54, 1.807) is 24.3 Å². The predicted octanol–water partition coefficient (Wildman–Crippen LogP) is 1.06. The number of aliphatic imine (C=N–C) groups is 1. The highest BCUT2D eigenvalue weighted by atomic mass is 16.5. The minimum Gasteiger partial charge on any atom is -0.478 e. The van der Waals surface area contributed by atoms with E-state index in [0.29, 0.717) is 52.6 Å². The van der Waals surface area contributed by atoms with Gasteiger partial charge in [-0.2, -0.15) is 0 Å². The van der Waals surface area contributed by atoms with Gasteiger partial charge in [-0.05, 0) is 37.6 Å². The number of morpholine rings is 1. The predicted molar refractivity (Wildman–Crippen MR) is 126 cm³/mol. The summed E-state index contributed by atoms with van der Waals surface area (Å²) < 4.78 is 10.7. The molecule has 1 aromatic rings. The molecule has 0 saturated carbocycles. The summed E-state index contributed by atoms with van der Waals surface area (Å²) in [5, 5.41) is 12.5. The first-order valence-corrected chi connectivity index (χ1v) is 11.6. The van der Waals surface area contributed by atoms with Crippen molar-refractivity contribution in [3.8, 4) is 0 Å². The highest BCUT2D eigenvalue weighted by Gasteiger charge is 2.24. The summed E-state index contributed by atoms with van der Waals surface area (Å²) in [6.07, 6.45) is 0.824. The quantitative estimate of drug-likeness (QED) is 0.319. The first-order chi connectivity index (χ1) is 16.1. The van der Waals surface area contributed by atoms with Crippen molar-refractivity contribution >= 4 is 23.5 Å². The number of amides is 1. The third-order valence-electron chi connectivity index (χ3n) is 5.69. The summed E-state index contributed by atoms with van der Waals surface area (Å²) in [6.45, 7) is 9.99. The molecule has 0 aliphatic carbocycles. The van der Waals surface area contributed by atoms with Crippen LogP contribution in [0.3, 0.4) is 0 Å².